The fourth-order valence-electron chi connectivity index (χ4n) is 3.07. The van der Waals surface area contributed by atoms with Gasteiger partial charge in [-0.15, -0.1) is 0 Å². The quantitative estimate of drug-likeness (QED) is 0.925. The number of halogens is 3. The Hall–Kier alpha value is -1.47. The fourth-order valence-corrected chi connectivity index (χ4v) is 3.07. The van der Waals surface area contributed by atoms with Crippen LogP contribution in [0.5, 0.6) is 11.5 Å². The van der Waals surface area contributed by atoms with Gasteiger partial charge in [-0.1, -0.05) is 0 Å². The monoisotopic (exact) mass is 330 g/mol. The molecule has 0 aromatic heterocycles. The summed E-state index contributed by atoms with van der Waals surface area (Å²) < 4.78 is 49.6. The lowest BCUT2D eigenvalue weighted by Crippen LogP contribution is -2.44. The van der Waals surface area contributed by atoms with Crippen LogP contribution in [0.4, 0.5) is 13.2 Å². The molecule has 7 heteroatoms. The number of rotatable bonds is 3. The molecular weight excluding hydrogens is 309 g/mol. The van der Waals surface area contributed by atoms with E-state index in [9.17, 15) is 13.2 Å². The maximum absolute atomic E-state index is 12.8. The second-order valence-corrected chi connectivity index (χ2v) is 6.19. The summed E-state index contributed by atoms with van der Waals surface area (Å²) in [7, 11) is 0. The van der Waals surface area contributed by atoms with Gasteiger partial charge in [-0.3, -0.25) is 4.90 Å². The van der Waals surface area contributed by atoms with Crippen LogP contribution in [0, 0.1) is 5.92 Å². The summed E-state index contributed by atoms with van der Waals surface area (Å²) in [5, 5.41) is 0. The molecule has 4 nitrogen and oxygen atoms in total. The number of alkyl halides is 3. The van der Waals surface area contributed by atoms with Crippen LogP contribution in [0.25, 0.3) is 0 Å². The second kappa shape index (κ2) is 6.57. The normalized spacial score (nSPS) is 23.0. The lowest BCUT2D eigenvalue weighted by atomic mass is 9.97. The van der Waals surface area contributed by atoms with Gasteiger partial charge in [0.25, 0.3) is 0 Å². The highest BCUT2D eigenvalue weighted by molar-refractivity contribution is 5.44. The number of benzene rings is 1. The predicted molar refractivity (Wildman–Crippen MR) is 79.6 cm³/mol. The first-order valence-corrected chi connectivity index (χ1v) is 7.89. The van der Waals surface area contributed by atoms with Crippen molar-refractivity contribution in [3.8, 4) is 11.5 Å². The molecule has 1 unspecified atom stereocenters. The van der Waals surface area contributed by atoms with Gasteiger partial charge in [0.1, 0.15) is 12.7 Å². The van der Waals surface area contributed by atoms with Crippen LogP contribution in [0.15, 0.2) is 18.2 Å². The van der Waals surface area contributed by atoms with Gasteiger partial charge < -0.3 is 15.2 Å². The molecule has 128 valence electrons. The zero-order chi connectivity index (χ0) is 16.4. The molecule has 0 radical (unpaired) electrons. The van der Waals surface area contributed by atoms with E-state index >= 15 is 0 Å². The Bertz CT molecular complexity index is 543. The minimum Gasteiger partial charge on any atom is -0.486 e. The van der Waals surface area contributed by atoms with E-state index in [2.05, 4.69) is 4.90 Å². The Balaban J connectivity index is 1.61. The maximum Gasteiger partial charge on any atom is 0.416 e. The second-order valence-electron chi connectivity index (χ2n) is 6.19. The van der Waals surface area contributed by atoms with E-state index in [0.29, 0.717) is 31.4 Å². The fraction of sp³-hybridized carbons (Fsp3) is 0.625. The van der Waals surface area contributed by atoms with Crippen molar-refractivity contribution in [2.45, 2.75) is 25.1 Å². The van der Waals surface area contributed by atoms with Crippen molar-refractivity contribution < 1.29 is 22.6 Å². The van der Waals surface area contributed by atoms with Crippen LogP contribution >= 0.6 is 0 Å². The molecule has 0 spiro atoms. The van der Waals surface area contributed by atoms with Crippen LogP contribution < -0.4 is 15.2 Å². The molecule has 1 aromatic rings. The highest BCUT2D eigenvalue weighted by atomic mass is 19.4. The first kappa shape index (κ1) is 16.4. The Morgan fingerprint density at radius 3 is 2.57 bits per heavy atom. The number of fused-ring (bicyclic) bond motifs is 1. The predicted octanol–water partition coefficient (Wildman–Crippen LogP) is 2.52. The third-order valence-electron chi connectivity index (χ3n) is 4.49. The van der Waals surface area contributed by atoms with Crippen molar-refractivity contribution in [2.24, 2.45) is 11.7 Å². The Morgan fingerprint density at radius 1 is 1.17 bits per heavy atom. The maximum atomic E-state index is 12.8. The van der Waals surface area contributed by atoms with Gasteiger partial charge in [0, 0.05) is 6.54 Å². The first-order valence-electron chi connectivity index (χ1n) is 7.89. The SMILES string of the molecule is NCC1CCN(CC2COc3ccc(C(F)(F)F)cc3O2)CC1. The van der Waals surface area contributed by atoms with Gasteiger partial charge in [0.05, 0.1) is 5.56 Å². The summed E-state index contributed by atoms with van der Waals surface area (Å²) in [4.78, 5) is 2.26. The molecule has 1 fully saturated rings. The van der Waals surface area contributed by atoms with Crippen molar-refractivity contribution in [1.82, 2.24) is 4.90 Å². The zero-order valence-electron chi connectivity index (χ0n) is 12.8. The van der Waals surface area contributed by atoms with Crippen LogP contribution in [0.2, 0.25) is 0 Å². The number of nitrogens with two attached hydrogens (primary N) is 1. The van der Waals surface area contributed by atoms with Crippen molar-refractivity contribution in [2.75, 3.05) is 32.8 Å². The molecule has 0 bridgehead atoms. The van der Waals surface area contributed by atoms with Gasteiger partial charge in [-0.05, 0) is 56.6 Å². The first-order chi connectivity index (χ1) is 11.0. The summed E-state index contributed by atoms with van der Waals surface area (Å²) in [5.74, 6) is 1.12. The average molecular weight is 330 g/mol. The van der Waals surface area contributed by atoms with E-state index in [4.69, 9.17) is 15.2 Å². The molecule has 2 heterocycles. The number of hydrogen-bond donors (Lipinski definition) is 1. The summed E-state index contributed by atoms with van der Waals surface area (Å²) in [5.41, 5.74) is 4.96. The molecule has 0 aliphatic carbocycles. The molecule has 2 N–H and O–H groups in total. The van der Waals surface area contributed by atoms with Crippen molar-refractivity contribution in [3.05, 3.63) is 23.8 Å². The van der Waals surface area contributed by atoms with Crippen LogP contribution in [0.3, 0.4) is 0 Å². The van der Waals surface area contributed by atoms with E-state index in [0.717, 1.165) is 38.1 Å². The minimum atomic E-state index is -4.38. The lowest BCUT2D eigenvalue weighted by Gasteiger charge is -2.35. The molecule has 0 saturated carbocycles. The Morgan fingerprint density at radius 2 is 1.91 bits per heavy atom. The smallest absolute Gasteiger partial charge is 0.416 e. The molecule has 3 rings (SSSR count). The van der Waals surface area contributed by atoms with Gasteiger partial charge >= 0.3 is 6.18 Å². The van der Waals surface area contributed by atoms with Gasteiger partial charge in [0.15, 0.2) is 11.5 Å². The minimum absolute atomic E-state index is 0.174. The summed E-state index contributed by atoms with van der Waals surface area (Å²) in [6.07, 6.45) is -2.52. The molecule has 2 aliphatic heterocycles. The van der Waals surface area contributed by atoms with Crippen LogP contribution in [-0.4, -0.2) is 43.8 Å². The van der Waals surface area contributed by atoms with Crippen LogP contribution in [-0.2, 0) is 6.18 Å². The summed E-state index contributed by atoms with van der Waals surface area (Å²) in [6, 6.07) is 3.35. The summed E-state index contributed by atoms with van der Waals surface area (Å²) >= 11 is 0. The largest absolute Gasteiger partial charge is 0.486 e. The molecule has 1 aromatic carbocycles. The third kappa shape index (κ3) is 3.90. The van der Waals surface area contributed by atoms with Crippen molar-refractivity contribution >= 4 is 0 Å². The third-order valence-corrected chi connectivity index (χ3v) is 4.49. The zero-order valence-corrected chi connectivity index (χ0v) is 12.8. The molecule has 2 aliphatic rings. The van der Waals surface area contributed by atoms with Gasteiger partial charge in [-0.25, -0.2) is 0 Å². The van der Waals surface area contributed by atoms with E-state index in [-0.39, 0.29) is 11.9 Å². The van der Waals surface area contributed by atoms with Crippen LogP contribution in [0.1, 0.15) is 18.4 Å². The number of piperidine rings is 1. The van der Waals surface area contributed by atoms with E-state index < -0.39 is 11.7 Å². The average Bonchev–Trinajstić information content (AvgIpc) is 2.54. The Labute approximate surface area is 133 Å². The van der Waals surface area contributed by atoms with Gasteiger partial charge in [0.2, 0.25) is 0 Å². The highest BCUT2D eigenvalue weighted by Crippen LogP contribution is 2.38. The van der Waals surface area contributed by atoms with Gasteiger partial charge in [-0.2, -0.15) is 13.2 Å². The van der Waals surface area contributed by atoms with Crippen molar-refractivity contribution in [3.63, 3.8) is 0 Å². The molecule has 1 atom stereocenters. The number of likely N-dealkylation sites (tertiary alicyclic amines) is 1. The molecular formula is C16H21F3N2O2. The molecule has 0 amide bonds. The highest BCUT2D eigenvalue weighted by Gasteiger charge is 2.33. The van der Waals surface area contributed by atoms with E-state index in [1.165, 1.54) is 6.07 Å². The number of hydrogen-bond acceptors (Lipinski definition) is 4. The molecule has 1 saturated heterocycles. The molecule has 23 heavy (non-hydrogen) atoms. The number of nitrogens with zero attached hydrogens (tertiary/aromatic N) is 1. The van der Waals surface area contributed by atoms with Crippen molar-refractivity contribution in [1.29, 1.82) is 0 Å². The summed E-state index contributed by atoms with van der Waals surface area (Å²) in [6.45, 7) is 3.61. The topological polar surface area (TPSA) is 47.7 Å². The standard InChI is InChI=1S/C16H21F3N2O2/c17-16(18,19)12-1-2-14-15(7-12)23-13(10-22-14)9-21-5-3-11(8-20)4-6-21/h1-2,7,11,13H,3-6,8-10,20H2. The Kier molecular flexibility index (Phi) is 4.68. The lowest BCUT2D eigenvalue weighted by molar-refractivity contribution is -0.137. The van der Waals surface area contributed by atoms with E-state index in [1.807, 2.05) is 0 Å². The van der Waals surface area contributed by atoms with E-state index in [1.54, 1.807) is 0 Å². The number of ether oxygens (including phenoxy) is 2.